The van der Waals surface area contributed by atoms with Crippen LogP contribution in [0.3, 0.4) is 0 Å². The number of hydrogen-bond acceptors (Lipinski definition) is 2. The molecule has 2 rings (SSSR count). The first kappa shape index (κ1) is 9.54. The second kappa shape index (κ2) is 3.62. The average Bonchev–Trinajstić information content (AvgIpc) is 2.69. The van der Waals surface area contributed by atoms with E-state index in [1.807, 2.05) is 4.90 Å². The van der Waals surface area contributed by atoms with Gasteiger partial charge in [0.05, 0.1) is 6.42 Å². The van der Waals surface area contributed by atoms with Gasteiger partial charge >= 0.3 is 0 Å². The Labute approximate surface area is 84.8 Å². The highest BCUT2D eigenvalue weighted by Crippen LogP contribution is 2.32. The SMILES string of the molecule is C#CCC(=O)N1CC2CNCC2C1C. The van der Waals surface area contributed by atoms with E-state index < -0.39 is 0 Å². The molecule has 0 aliphatic carbocycles. The number of amides is 1. The fourth-order valence-electron chi connectivity index (χ4n) is 2.69. The van der Waals surface area contributed by atoms with Crippen molar-refractivity contribution in [2.75, 3.05) is 19.6 Å². The summed E-state index contributed by atoms with van der Waals surface area (Å²) in [6.45, 7) is 5.12. The molecule has 14 heavy (non-hydrogen) atoms. The zero-order valence-corrected chi connectivity index (χ0v) is 8.49. The molecule has 2 aliphatic rings. The minimum absolute atomic E-state index is 0.120. The maximum absolute atomic E-state index is 11.6. The number of rotatable bonds is 1. The van der Waals surface area contributed by atoms with Crippen LogP contribution in [-0.4, -0.2) is 36.5 Å². The van der Waals surface area contributed by atoms with Crippen LogP contribution in [0.25, 0.3) is 0 Å². The normalized spacial score (nSPS) is 35.4. The van der Waals surface area contributed by atoms with Gasteiger partial charge in [0.15, 0.2) is 0 Å². The van der Waals surface area contributed by atoms with E-state index in [2.05, 4.69) is 18.2 Å². The van der Waals surface area contributed by atoms with Gasteiger partial charge in [0.2, 0.25) is 5.91 Å². The summed E-state index contributed by atoms with van der Waals surface area (Å²) >= 11 is 0. The topological polar surface area (TPSA) is 32.3 Å². The van der Waals surface area contributed by atoms with E-state index >= 15 is 0 Å². The molecule has 2 saturated heterocycles. The van der Waals surface area contributed by atoms with E-state index in [0.717, 1.165) is 19.6 Å². The van der Waals surface area contributed by atoms with Crippen molar-refractivity contribution < 1.29 is 4.79 Å². The Kier molecular flexibility index (Phi) is 2.47. The third-order valence-electron chi connectivity index (χ3n) is 3.51. The molecule has 1 amide bonds. The highest BCUT2D eigenvalue weighted by atomic mass is 16.2. The van der Waals surface area contributed by atoms with E-state index in [0.29, 0.717) is 17.9 Å². The minimum atomic E-state index is 0.120. The molecule has 3 nitrogen and oxygen atoms in total. The summed E-state index contributed by atoms with van der Waals surface area (Å²) in [5, 5.41) is 3.37. The van der Waals surface area contributed by atoms with Gasteiger partial charge in [-0.25, -0.2) is 0 Å². The lowest BCUT2D eigenvalue weighted by Gasteiger charge is -2.23. The van der Waals surface area contributed by atoms with Gasteiger partial charge in [0, 0.05) is 25.7 Å². The summed E-state index contributed by atoms with van der Waals surface area (Å²) in [5.41, 5.74) is 0. The van der Waals surface area contributed by atoms with Gasteiger partial charge in [-0.1, -0.05) is 5.92 Å². The van der Waals surface area contributed by atoms with E-state index in [1.165, 1.54) is 0 Å². The number of carbonyl (C=O) groups excluding carboxylic acids is 1. The summed E-state index contributed by atoms with van der Waals surface area (Å²) in [5.74, 6) is 3.82. The Morgan fingerprint density at radius 3 is 3.07 bits per heavy atom. The number of terminal acetylenes is 1. The Morgan fingerprint density at radius 1 is 1.64 bits per heavy atom. The van der Waals surface area contributed by atoms with Crippen molar-refractivity contribution in [3.05, 3.63) is 0 Å². The predicted molar refractivity (Wildman–Crippen MR) is 54.5 cm³/mol. The van der Waals surface area contributed by atoms with Crippen molar-refractivity contribution in [2.45, 2.75) is 19.4 Å². The van der Waals surface area contributed by atoms with Gasteiger partial charge < -0.3 is 10.2 Å². The molecule has 0 spiro atoms. The lowest BCUT2D eigenvalue weighted by atomic mass is 9.95. The number of hydrogen-bond donors (Lipinski definition) is 1. The highest BCUT2D eigenvalue weighted by Gasteiger charge is 2.43. The number of fused-ring (bicyclic) bond motifs is 1. The summed E-state index contributed by atoms with van der Waals surface area (Å²) in [4.78, 5) is 13.6. The van der Waals surface area contributed by atoms with Crippen molar-refractivity contribution in [3.8, 4) is 12.3 Å². The van der Waals surface area contributed by atoms with Gasteiger partial charge in [-0.2, -0.15) is 0 Å². The molecule has 0 radical (unpaired) electrons. The van der Waals surface area contributed by atoms with Crippen LogP contribution in [0.15, 0.2) is 0 Å². The van der Waals surface area contributed by atoms with E-state index in [-0.39, 0.29) is 12.3 Å². The van der Waals surface area contributed by atoms with Crippen LogP contribution in [0.2, 0.25) is 0 Å². The quantitative estimate of drug-likeness (QED) is 0.597. The first-order chi connectivity index (χ1) is 6.74. The molecule has 0 saturated carbocycles. The molecule has 0 aromatic heterocycles. The molecule has 2 aliphatic heterocycles. The monoisotopic (exact) mass is 192 g/mol. The first-order valence-corrected chi connectivity index (χ1v) is 5.17. The molecule has 0 aromatic carbocycles. The average molecular weight is 192 g/mol. The zero-order chi connectivity index (χ0) is 10.1. The lowest BCUT2D eigenvalue weighted by molar-refractivity contribution is -0.131. The minimum Gasteiger partial charge on any atom is -0.338 e. The van der Waals surface area contributed by atoms with Crippen molar-refractivity contribution in [1.29, 1.82) is 0 Å². The first-order valence-electron chi connectivity index (χ1n) is 5.17. The molecule has 0 aromatic rings. The highest BCUT2D eigenvalue weighted by molar-refractivity contribution is 5.79. The number of nitrogens with zero attached hydrogens (tertiary/aromatic N) is 1. The summed E-state index contributed by atoms with van der Waals surface area (Å²) in [6, 6.07) is 0.357. The van der Waals surface area contributed by atoms with Crippen molar-refractivity contribution in [2.24, 2.45) is 11.8 Å². The van der Waals surface area contributed by atoms with Crippen LogP contribution >= 0.6 is 0 Å². The molecular weight excluding hydrogens is 176 g/mol. The zero-order valence-electron chi connectivity index (χ0n) is 8.49. The largest absolute Gasteiger partial charge is 0.338 e. The smallest absolute Gasteiger partial charge is 0.234 e. The molecule has 3 atom stereocenters. The summed E-state index contributed by atoms with van der Waals surface area (Å²) < 4.78 is 0. The van der Waals surface area contributed by atoms with Crippen LogP contribution in [0, 0.1) is 24.2 Å². The van der Waals surface area contributed by atoms with Gasteiger partial charge in [-0.15, -0.1) is 6.42 Å². The van der Waals surface area contributed by atoms with Gasteiger partial charge in [0.25, 0.3) is 0 Å². The van der Waals surface area contributed by atoms with E-state index in [9.17, 15) is 4.79 Å². The molecular formula is C11H16N2O. The predicted octanol–water partition coefficient (Wildman–Crippen LogP) is 0.0760. The standard InChI is InChI=1S/C11H16N2O/c1-3-4-11(14)13-7-9-5-12-6-10(9)8(13)2/h1,8-10,12H,4-7H2,2H3. The van der Waals surface area contributed by atoms with E-state index in [1.54, 1.807) is 0 Å². The van der Waals surface area contributed by atoms with Crippen LogP contribution in [0.4, 0.5) is 0 Å². The second-order valence-electron chi connectivity index (χ2n) is 4.25. The Hall–Kier alpha value is -1.01. The Bertz CT molecular complexity index is 282. The maximum atomic E-state index is 11.6. The second-order valence-corrected chi connectivity index (χ2v) is 4.25. The summed E-state index contributed by atoms with van der Waals surface area (Å²) in [6.07, 6.45) is 5.40. The number of likely N-dealkylation sites (tertiary alicyclic amines) is 1. The summed E-state index contributed by atoms with van der Waals surface area (Å²) in [7, 11) is 0. The molecule has 2 heterocycles. The lowest BCUT2D eigenvalue weighted by Crippen LogP contribution is -2.37. The van der Waals surface area contributed by atoms with Crippen LogP contribution in [-0.2, 0) is 4.79 Å². The fraction of sp³-hybridized carbons (Fsp3) is 0.727. The molecule has 0 bridgehead atoms. The van der Waals surface area contributed by atoms with Gasteiger partial charge in [0.1, 0.15) is 0 Å². The maximum Gasteiger partial charge on any atom is 0.234 e. The Morgan fingerprint density at radius 2 is 2.43 bits per heavy atom. The third-order valence-corrected chi connectivity index (χ3v) is 3.51. The number of nitrogens with one attached hydrogen (secondary N) is 1. The van der Waals surface area contributed by atoms with Gasteiger partial charge in [-0.3, -0.25) is 4.79 Å². The fourth-order valence-corrected chi connectivity index (χ4v) is 2.69. The molecule has 3 unspecified atom stereocenters. The van der Waals surface area contributed by atoms with Crippen molar-refractivity contribution in [3.63, 3.8) is 0 Å². The van der Waals surface area contributed by atoms with E-state index in [4.69, 9.17) is 6.42 Å². The molecule has 1 N–H and O–H groups in total. The van der Waals surface area contributed by atoms with Gasteiger partial charge in [-0.05, 0) is 18.8 Å². The molecule has 2 fully saturated rings. The van der Waals surface area contributed by atoms with Crippen LogP contribution in [0.5, 0.6) is 0 Å². The molecule has 3 heteroatoms. The third kappa shape index (κ3) is 1.40. The number of carbonyl (C=O) groups is 1. The van der Waals surface area contributed by atoms with Crippen LogP contribution < -0.4 is 5.32 Å². The molecule has 76 valence electrons. The van der Waals surface area contributed by atoms with Crippen molar-refractivity contribution in [1.82, 2.24) is 10.2 Å². The Balaban J connectivity index is 2.03. The van der Waals surface area contributed by atoms with Crippen molar-refractivity contribution >= 4 is 5.91 Å². The van der Waals surface area contributed by atoms with Crippen LogP contribution in [0.1, 0.15) is 13.3 Å².